The zero-order valence-electron chi connectivity index (χ0n) is 13.9. The Morgan fingerprint density at radius 1 is 1.19 bits per heavy atom. The van der Waals surface area contributed by atoms with Crippen molar-refractivity contribution in [2.45, 2.75) is 19.1 Å². The number of hydrogen-bond donors (Lipinski definition) is 1. The summed E-state index contributed by atoms with van der Waals surface area (Å²) in [5, 5.41) is 16.0. The topological polar surface area (TPSA) is 60.2 Å². The van der Waals surface area contributed by atoms with Crippen LogP contribution < -0.4 is 4.74 Å². The van der Waals surface area contributed by atoms with Crippen molar-refractivity contribution in [3.8, 4) is 23.3 Å². The molecule has 132 valence electrons. The highest BCUT2D eigenvalue weighted by Crippen LogP contribution is 2.34. The van der Waals surface area contributed by atoms with Gasteiger partial charge in [0.25, 0.3) is 0 Å². The molecular weight excluding hydrogens is 373 g/mol. The van der Waals surface area contributed by atoms with Crippen molar-refractivity contribution in [3.05, 3.63) is 70.7 Å². The molecule has 1 N–H and O–H groups in total. The van der Waals surface area contributed by atoms with Gasteiger partial charge in [-0.3, -0.25) is 0 Å². The largest absolute Gasteiger partial charge is 0.456 e. The summed E-state index contributed by atoms with van der Waals surface area (Å²) >= 11 is 12.2. The quantitative estimate of drug-likeness (QED) is 0.663. The first-order chi connectivity index (χ1) is 12.5. The maximum atomic E-state index is 11.0. The van der Waals surface area contributed by atoms with E-state index < -0.39 is 5.60 Å². The Kier molecular flexibility index (Phi) is 5.48. The molecule has 0 radical (unpaired) electrons. The van der Waals surface area contributed by atoms with Gasteiger partial charge in [0.15, 0.2) is 5.60 Å². The minimum Gasteiger partial charge on any atom is -0.456 e. The first-order valence-electron chi connectivity index (χ1n) is 7.72. The molecule has 0 bridgehead atoms. The van der Waals surface area contributed by atoms with Crippen LogP contribution in [0.1, 0.15) is 12.5 Å². The molecule has 1 aromatic heterocycles. The third-order valence-electron chi connectivity index (χ3n) is 3.64. The fraction of sp³-hybridized carbons (Fsp3) is 0.158. The van der Waals surface area contributed by atoms with E-state index in [1.54, 1.807) is 49.4 Å². The van der Waals surface area contributed by atoms with E-state index >= 15 is 0 Å². The molecule has 2 aromatic carbocycles. The van der Waals surface area contributed by atoms with Gasteiger partial charge in [0.2, 0.25) is 0 Å². The maximum absolute atomic E-state index is 11.0. The van der Waals surface area contributed by atoms with Gasteiger partial charge in [-0.25, -0.2) is 9.67 Å². The van der Waals surface area contributed by atoms with Crippen LogP contribution in [0.25, 0.3) is 0 Å². The predicted octanol–water partition coefficient (Wildman–Crippen LogP) is 4.29. The minimum atomic E-state index is -1.45. The summed E-state index contributed by atoms with van der Waals surface area (Å²) in [5.41, 5.74) is -0.916. The summed E-state index contributed by atoms with van der Waals surface area (Å²) < 4.78 is 7.27. The van der Waals surface area contributed by atoms with E-state index in [0.717, 1.165) is 0 Å². The van der Waals surface area contributed by atoms with Crippen molar-refractivity contribution < 1.29 is 9.84 Å². The Bertz CT molecular complexity index is 947. The molecule has 7 heteroatoms. The molecule has 1 unspecified atom stereocenters. The van der Waals surface area contributed by atoms with Gasteiger partial charge in [-0.1, -0.05) is 35.2 Å². The lowest BCUT2D eigenvalue weighted by molar-refractivity contribution is 0.0758. The lowest BCUT2D eigenvalue weighted by Crippen LogP contribution is -2.30. The minimum absolute atomic E-state index is 0.127. The van der Waals surface area contributed by atoms with Gasteiger partial charge in [0, 0.05) is 5.02 Å². The van der Waals surface area contributed by atoms with E-state index in [4.69, 9.17) is 27.9 Å². The molecule has 3 aromatic rings. The van der Waals surface area contributed by atoms with Gasteiger partial charge in [0.05, 0.1) is 11.6 Å². The van der Waals surface area contributed by atoms with E-state index in [1.165, 1.54) is 17.3 Å². The Morgan fingerprint density at radius 3 is 2.58 bits per heavy atom. The van der Waals surface area contributed by atoms with Gasteiger partial charge >= 0.3 is 0 Å². The zero-order chi connectivity index (χ0) is 18.6. The average molecular weight is 388 g/mol. The van der Waals surface area contributed by atoms with E-state index in [-0.39, 0.29) is 6.54 Å². The number of rotatable bonds is 5. The van der Waals surface area contributed by atoms with Gasteiger partial charge in [0.1, 0.15) is 24.2 Å². The summed E-state index contributed by atoms with van der Waals surface area (Å²) in [4.78, 5) is 3.88. The highest BCUT2D eigenvalue weighted by atomic mass is 35.5. The van der Waals surface area contributed by atoms with Crippen molar-refractivity contribution in [1.29, 1.82) is 0 Å². The molecule has 0 aliphatic heterocycles. The monoisotopic (exact) mass is 387 g/mol. The molecule has 0 aliphatic carbocycles. The van der Waals surface area contributed by atoms with E-state index in [9.17, 15) is 5.11 Å². The molecule has 0 saturated carbocycles. The van der Waals surface area contributed by atoms with Gasteiger partial charge < -0.3 is 9.84 Å². The number of aromatic nitrogens is 3. The number of aliphatic hydroxyl groups is 1. The smallest absolute Gasteiger partial charge is 0.170 e. The van der Waals surface area contributed by atoms with Crippen LogP contribution in [0.3, 0.4) is 0 Å². The molecular formula is C19H15Cl2N3O2. The van der Waals surface area contributed by atoms with Crippen LogP contribution in [-0.2, 0) is 12.1 Å². The van der Waals surface area contributed by atoms with Gasteiger partial charge in [-0.15, -0.1) is 5.92 Å². The summed E-state index contributed by atoms with van der Waals surface area (Å²) in [6, 6.07) is 12.0. The molecule has 1 heterocycles. The number of benzene rings is 2. The summed E-state index contributed by atoms with van der Waals surface area (Å²) in [6.07, 6.45) is 2.91. The molecule has 0 spiro atoms. The van der Waals surface area contributed by atoms with Gasteiger partial charge in [-0.05, 0) is 48.9 Å². The van der Waals surface area contributed by atoms with Crippen molar-refractivity contribution >= 4 is 23.2 Å². The average Bonchev–Trinajstić information content (AvgIpc) is 3.11. The highest BCUT2D eigenvalue weighted by Gasteiger charge is 2.29. The molecule has 0 fully saturated rings. The maximum Gasteiger partial charge on any atom is 0.170 e. The second kappa shape index (κ2) is 7.79. The van der Waals surface area contributed by atoms with E-state index in [0.29, 0.717) is 27.1 Å². The van der Waals surface area contributed by atoms with Crippen molar-refractivity contribution in [1.82, 2.24) is 14.8 Å². The SMILES string of the molecule is CC#CC(O)(Cn1cncn1)c1ccc(Oc2ccc(Cl)cc2)c(Cl)c1. The van der Waals surface area contributed by atoms with Crippen LogP contribution in [0.15, 0.2) is 55.1 Å². The van der Waals surface area contributed by atoms with E-state index in [1.807, 2.05) is 0 Å². The second-order valence-corrected chi connectivity index (χ2v) is 6.37. The second-order valence-electron chi connectivity index (χ2n) is 5.53. The molecule has 0 aliphatic rings. The molecule has 3 rings (SSSR count). The predicted molar refractivity (Wildman–Crippen MR) is 100 cm³/mol. The number of nitrogens with zero attached hydrogens (tertiary/aromatic N) is 3. The fourth-order valence-electron chi connectivity index (χ4n) is 2.43. The molecule has 26 heavy (non-hydrogen) atoms. The van der Waals surface area contributed by atoms with Crippen LogP contribution in [0.4, 0.5) is 0 Å². The van der Waals surface area contributed by atoms with E-state index in [2.05, 4.69) is 21.9 Å². The summed E-state index contributed by atoms with van der Waals surface area (Å²) in [6.45, 7) is 1.79. The van der Waals surface area contributed by atoms with Gasteiger partial charge in [-0.2, -0.15) is 5.10 Å². The molecule has 1 atom stereocenters. The number of halogens is 2. The third kappa shape index (κ3) is 4.17. The van der Waals surface area contributed by atoms with Crippen LogP contribution in [0.5, 0.6) is 11.5 Å². The van der Waals surface area contributed by atoms with Crippen molar-refractivity contribution in [3.63, 3.8) is 0 Å². The van der Waals surface area contributed by atoms with Crippen molar-refractivity contribution in [2.24, 2.45) is 0 Å². The van der Waals surface area contributed by atoms with Crippen LogP contribution in [0, 0.1) is 11.8 Å². The third-order valence-corrected chi connectivity index (χ3v) is 4.19. The number of hydrogen-bond acceptors (Lipinski definition) is 4. The Balaban J connectivity index is 1.88. The molecule has 0 saturated heterocycles. The Hall–Kier alpha value is -2.52. The standard InChI is InChI=1S/C19H15Cl2N3O2/c1-2-9-19(25,11-24-13-22-12-23-24)14-3-8-18(17(21)10-14)26-16-6-4-15(20)5-7-16/h3-8,10,12-13,25H,11H2,1H3. The first kappa shape index (κ1) is 18.3. The number of ether oxygens (including phenoxy) is 1. The lowest BCUT2D eigenvalue weighted by Gasteiger charge is -2.23. The zero-order valence-corrected chi connectivity index (χ0v) is 15.4. The highest BCUT2D eigenvalue weighted by molar-refractivity contribution is 6.32. The van der Waals surface area contributed by atoms with Crippen LogP contribution >= 0.6 is 23.2 Å². The van der Waals surface area contributed by atoms with Crippen molar-refractivity contribution in [2.75, 3.05) is 0 Å². The fourth-order valence-corrected chi connectivity index (χ4v) is 2.77. The normalized spacial score (nSPS) is 12.8. The Morgan fingerprint density at radius 2 is 1.96 bits per heavy atom. The van der Waals surface area contributed by atoms with Crippen LogP contribution in [0.2, 0.25) is 10.0 Å². The molecule has 5 nitrogen and oxygen atoms in total. The van der Waals surface area contributed by atoms with Crippen LogP contribution in [-0.4, -0.2) is 19.9 Å². The molecule has 0 amide bonds. The summed E-state index contributed by atoms with van der Waals surface area (Å²) in [7, 11) is 0. The first-order valence-corrected chi connectivity index (χ1v) is 8.48. The lowest BCUT2D eigenvalue weighted by atomic mass is 9.94. The Labute approximate surface area is 161 Å². The summed E-state index contributed by atoms with van der Waals surface area (Å²) in [5.74, 6) is 6.64.